The Labute approximate surface area is 107 Å². The number of nitrogens with zero attached hydrogens (tertiary/aromatic N) is 4. The molecule has 96 valence electrons. The highest BCUT2D eigenvalue weighted by atomic mass is 15.5. The normalized spacial score (nSPS) is 11.5. The molecule has 0 unspecified atom stereocenters. The van der Waals surface area contributed by atoms with Gasteiger partial charge in [0.15, 0.2) is 0 Å². The number of nitrogens with one attached hydrogen (secondary N) is 1. The van der Waals surface area contributed by atoms with Gasteiger partial charge in [0.2, 0.25) is 0 Å². The highest BCUT2D eigenvalue weighted by Crippen LogP contribution is 2.19. The van der Waals surface area contributed by atoms with Gasteiger partial charge in [0.05, 0.1) is 5.69 Å². The van der Waals surface area contributed by atoms with Crippen molar-refractivity contribution in [3.05, 3.63) is 30.6 Å². The maximum atomic E-state index is 3.85. The Morgan fingerprint density at radius 1 is 1.17 bits per heavy atom. The van der Waals surface area contributed by atoms with Gasteiger partial charge in [-0.25, -0.2) is 4.68 Å². The maximum absolute atomic E-state index is 3.85. The number of rotatable bonds is 4. The van der Waals surface area contributed by atoms with E-state index in [1.807, 2.05) is 24.3 Å². The minimum atomic E-state index is 0.360. The minimum Gasteiger partial charge on any atom is -0.385 e. The van der Waals surface area contributed by atoms with Crippen LogP contribution >= 0.6 is 0 Å². The molecule has 1 N–H and O–H groups in total. The molecule has 0 amide bonds. The highest BCUT2D eigenvalue weighted by molar-refractivity contribution is 5.48. The van der Waals surface area contributed by atoms with Gasteiger partial charge in [-0.3, -0.25) is 0 Å². The van der Waals surface area contributed by atoms with Crippen LogP contribution in [-0.4, -0.2) is 26.8 Å². The molecule has 0 saturated heterocycles. The standard InChI is InChI=1S/C13H19N5/c1-13(2,3)8-9-14-11-4-6-12(7-5-11)18-10-15-16-17-18/h4-7,10,14H,8-9H2,1-3H3. The van der Waals surface area contributed by atoms with E-state index < -0.39 is 0 Å². The summed E-state index contributed by atoms with van der Waals surface area (Å²) in [5, 5.41) is 14.5. The summed E-state index contributed by atoms with van der Waals surface area (Å²) in [6.07, 6.45) is 2.73. The lowest BCUT2D eigenvalue weighted by molar-refractivity contribution is 0.390. The van der Waals surface area contributed by atoms with Crippen LogP contribution in [0.1, 0.15) is 27.2 Å². The lowest BCUT2D eigenvalue weighted by Gasteiger charge is -2.18. The second-order valence-electron chi connectivity index (χ2n) is 5.54. The van der Waals surface area contributed by atoms with Crippen LogP contribution in [-0.2, 0) is 0 Å². The number of hydrogen-bond donors (Lipinski definition) is 1. The van der Waals surface area contributed by atoms with Crippen LogP contribution in [0.2, 0.25) is 0 Å². The Bertz CT molecular complexity index is 467. The van der Waals surface area contributed by atoms with Crippen molar-refractivity contribution in [2.24, 2.45) is 5.41 Å². The van der Waals surface area contributed by atoms with Gasteiger partial charge in [-0.05, 0) is 46.5 Å². The van der Waals surface area contributed by atoms with Crippen LogP contribution in [0.15, 0.2) is 30.6 Å². The molecule has 0 aliphatic heterocycles. The first kappa shape index (κ1) is 12.5. The zero-order valence-electron chi connectivity index (χ0n) is 11.1. The predicted octanol–water partition coefficient (Wildman–Crippen LogP) is 2.51. The average molecular weight is 245 g/mol. The van der Waals surface area contributed by atoms with Crippen LogP contribution in [0.5, 0.6) is 0 Å². The van der Waals surface area contributed by atoms with Gasteiger partial charge in [-0.2, -0.15) is 0 Å². The topological polar surface area (TPSA) is 55.6 Å². The molecule has 2 aromatic rings. The van der Waals surface area contributed by atoms with E-state index in [1.165, 1.54) is 0 Å². The summed E-state index contributed by atoms with van der Waals surface area (Å²) in [4.78, 5) is 0. The molecule has 0 bridgehead atoms. The van der Waals surface area contributed by atoms with E-state index in [2.05, 4.69) is 41.6 Å². The van der Waals surface area contributed by atoms with Crippen LogP contribution in [0.3, 0.4) is 0 Å². The van der Waals surface area contributed by atoms with Gasteiger partial charge in [-0.15, -0.1) is 5.10 Å². The lowest BCUT2D eigenvalue weighted by atomic mass is 9.92. The Hall–Kier alpha value is -1.91. The summed E-state index contributed by atoms with van der Waals surface area (Å²) >= 11 is 0. The summed E-state index contributed by atoms with van der Waals surface area (Å²) in [6.45, 7) is 7.72. The first-order chi connectivity index (χ1) is 8.54. The smallest absolute Gasteiger partial charge is 0.143 e. The average Bonchev–Trinajstić information content (AvgIpc) is 2.82. The van der Waals surface area contributed by atoms with Gasteiger partial charge < -0.3 is 5.32 Å². The molecular weight excluding hydrogens is 226 g/mol. The summed E-state index contributed by atoms with van der Waals surface area (Å²) < 4.78 is 1.64. The Kier molecular flexibility index (Phi) is 3.60. The zero-order chi connectivity index (χ0) is 13.0. The molecule has 0 radical (unpaired) electrons. The van der Waals surface area contributed by atoms with Gasteiger partial charge >= 0.3 is 0 Å². The monoisotopic (exact) mass is 245 g/mol. The summed E-state index contributed by atoms with van der Waals surface area (Å²) in [5.74, 6) is 0. The molecule has 1 heterocycles. The van der Waals surface area contributed by atoms with Crippen molar-refractivity contribution in [3.8, 4) is 5.69 Å². The second kappa shape index (κ2) is 5.16. The Morgan fingerprint density at radius 2 is 1.89 bits per heavy atom. The second-order valence-corrected chi connectivity index (χ2v) is 5.54. The fourth-order valence-electron chi connectivity index (χ4n) is 1.59. The van der Waals surface area contributed by atoms with Crippen LogP contribution in [0.25, 0.3) is 5.69 Å². The summed E-state index contributed by atoms with van der Waals surface area (Å²) in [5.41, 5.74) is 2.44. The fraction of sp³-hybridized carbons (Fsp3) is 0.462. The van der Waals surface area contributed by atoms with Crippen molar-refractivity contribution in [3.63, 3.8) is 0 Å². The van der Waals surface area contributed by atoms with Crippen LogP contribution < -0.4 is 5.32 Å². The molecule has 0 aliphatic carbocycles. The molecule has 1 aromatic heterocycles. The molecule has 0 saturated carbocycles. The number of aromatic nitrogens is 4. The first-order valence-electron chi connectivity index (χ1n) is 6.12. The number of hydrogen-bond acceptors (Lipinski definition) is 4. The molecule has 2 rings (SSSR count). The quantitative estimate of drug-likeness (QED) is 0.899. The summed E-state index contributed by atoms with van der Waals surface area (Å²) in [7, 11) is 0. The molecule has 5 heteroatoms. The van der Waals surface area contributed by atoms with E-state index in [0.29, 0.717) is 5.41 Å². The maximum Gasteiger partial charge on any atom is 0.143 e. The SMILES string of the molecule is CC(C)(C)CCNc1ccc(-n2cnnn2)cc1. The number of benzene rings is 1. The number of anilines is 1. The predicted molar refractivity (Wildman–Crippen MR) is 71.7 cm³/mol. The van der Waals surface area contributed by atoms with Crippen molar-refractivity contribution in [2.75, 3.05) is 11.9 Å². The minimum absolute atomic E-state index is 0.360. The van der Waals surface area contributed by atoms with Gasteiger partial charge in [-0.1, -0.05) is 20.8 Å². The molecule has 0 fully saturated rings. The van der Waals surface area contributed by atoms with Crippen molar-refractivity contribution in [2.45, 2.75) is 27.2 Å². The van der Waals surface area contributed by atoms with Gasteiger partial charge in [0.1, 0.15) is 6.33 Å². The van der Waals surface area contributed by atoms with Crippen LogP contribution in [0, 0.1) is 5.41 Å². The van der Waals surface area contributed by atoms with E-state index in [1.54, 1.807) is 11.0 Å². The molecule has 1 aromatic carbocycles. The third kappa shape index (κ3) is 3.55. The van der Waals surface area contributed by atoms with Gasteiger partial charge in [0, 0.05) is 12.2 Å². The van der Waals surface area contributed by atoms with E-state index >= 15 is 0 Å². The van der Waals surface area contributed by atoms with E-state index in [-0.39, 0.29) is 0 Å². The third-order valence-electron chi connectivity index (χ3n) is 2.68. The molecule has 5 nitrogen and oxygen atoms in total. The third-order valence-corrected chi connectivity index (χ3v) is 2.68. The van der Waals surface area contributed by atoms with E-state index in [0.717, 1.165) is 24.3 Å². The van der Waals surface area contributed by atoms with Crippen molar-refractivity contribution >= 4 is 5.69 Å². The van der Waals surface area contributed by atoms with Crippen LogP contribution in [0.4, 0.5) is 5.69 Å². The van der Waals surface area contributed by atoms with Crippen molar-refractivity contribution < 1.29 is 0 Å². The largest absolute Gasteiger partial charge is 0.385 e. The first-order valence-corrected chi connectivity index (χ1v) is 6.12. The van der Waals surface area contributed by atoms with Gasteiger partial charge in [0.25, 0.3) is 0 Å². The van der Waals surface area contributed by atoms with E-state index in [4.69, 9.17) is 0 Å². The lowest BCUT2D eigenvalue weighted by Crippen LogP contribution is -2.12. The Balaban J connectivity index is 1.92. The molecule has 18 heavy (non-hydrogen) atoms. The summed E-state index contributed by atoms with van der Waals surface area (Å²) in [6, 6.07) is 8.07. The van der Waals surface area contributed by atoms with E-state index in [9.17, 15) is 0 Å². The molecular formula is C13H19N5. The zero-order valence-corrected chi connectivity index (χ0v) is 11.1. The number of tetrazole rings is 1. The highest BCUT2D eigenvalue weighted by Gasteiger charge is 2.08. The Morgan fingerprint density at radius 3 is 2.44 bits per heavy atom. The fourth-order valence-corrected chi connectivity index (χ4v) is 1.59. The molecule has 0 atom stereocenters. The van der Waals surface area contributed by atoms with Crippen molar-refractivity contribution in [1.29, 1.82) is 0 Å². The molecule has 0 aliphatic rings. The molecule has 0 spiro atoms. The van der Waals surface area contributed by atoms with Crippen molar-refractivity contribution in [1.82, 2.24) is 20.2 Å².